The Morgan fingerprint density at radius 1 is 1.14 bits per heavy atom. The van der Waals surface area contributed by atoms with E-state index >= 15 is 0 Å². The molecular weight excluding hydrogens is 470 g/mol. The molecule has 8 nitrogen and oxygen atoms in total. The van der Waals surface area contributed by atoms with Gasteiger partial charge in [-0.1, -0.05) is 24.3 Å². The van der Waals surface area contributed by atoms with Crippen molar-refractivity contribution in [3.05, 3.63) is 72.4 Å². The van der Waals surface area contributed by atoms with Crippen LogP contribution in [0.15, 0.2) is 72.3 Å². The lowest BCUT2D eigenvalue weighted by Crippen LogP contribution is -2.49. The molecule has 0 spiro atoms. The van der Waals surface area contributed by atoms with E-state index in [1.54, 1.807) is 34.8 Å². The molecule has 1 aliphatic rings. The summed E-state index contributed by atoms with van der Waals surface area (Å²) in [7, 11) is 0. The van der Waals surface area contributed by atoms with Crippen molar-refractivity contribution in [3.63, 3.8) is 0 Å². The molecule has 1 aromatic carbocycles. The van der Waals surface area contributed by atoms with Crippen molar-refractivity contribution in [2.24, 2.45) is 10.3 Å². The Bertz CT molecular complexity index is 1240. The number of benzene rings is 1. The molecule has 1 aliphatic heterocycles. The molecule has 1 amide bonds. The van der Waals surface area contributed by atoms with Crippen molar-refractivity contribution in [3.8, 4) is 0 Å². The van der Waals surface area contributed by atoms with Crippen LogP contribution in [0.4, 0.5) is 11.5 Å². The average molecular weight is 504 g/mol. The molecule has 36 heavy (non-hydrogen) atoms. The fourth-order valence-corrected chi connectivity index (χ4v) is 4.96. The van der Waals surface area contributed by atoms with Crippen molar-refractivity contribution in [2.75, 3.05) is 36.1 Å². The minimum Gasteiger partial charge on any atom is -0.352 e. The van der Waals surface area contributed by atoms with Crippen LogP contribution in [-0.4, -0.2) is 59.0 Å². The van der Waals surface area contributed by atoms with Crippen molar-refractivity contribution in [1.29, 1.82) is 0 Å². The van der Waals surface area contributed by atoms with Crippen LogP contribution in [0.1, 0.15) is 36.0 Å². The first-order valence-electron chi connectivity index (χ1n) is 12.3. The van der Waals surface area contributed by atoms with Crippen LogP contribution in [0.3, 0.4) is 0 Å². The minimum absolute atomic E-state index is 0.0306. The molecule has 0 aliphatic carbocycles. The smallest absolute Gasteiger partial charge is 0.253 e. The molecule has 1 saturated heterocycles. The number of fused-ring (bicyclic) bond motifs is 1. The lowest BCUT2D eigenvalue weighted by Gasteiger charge is -2.35. The maximum Gasteiger partial charge on any atom is 0.253 e. The number of hydrogen-bond donors (Lipinski definition) is 0. The Labute approximate surface area is 216 Å². The molecule has 2 aromatic heterocycles. The summed E-state index contributed by atoms with van der Waals surface area (Å²) in [6.45, 7) is 16.4. The van der Waals surface area contributed by atoms with Gasteiger partial charge in [-0.05, 0) is 50.6 Å². The number of rotatable bonds is 9. The summed E-state index contributed by atoms with van der Waals surface area (Å²) >= 11 is 1.72. The number of hydrogen-bond acceptors (Lipinski definition) is 7. The van der Waals surface area contributed by atoms with Crippen molar-refractivity contribution >= 4 is 39.0 Å². The average Bonchev–Trinajstić information content (AvgIpc) is 3.36. The Morgan fingerprint density at radius 3 is 2.50 bits per heavy atom. The van der Waals surface area contributed by atoms with Gasteiger partial charge in [-0.3, -0.25) is 4.79 Å². The summed E-state index contributed by atoms with van der Waals surface area (Å²) in [5.74, 6) is 0.992. The lowest BCUT2D eigenvalue weighted by atomic mass is 10.1. The highest BCUT2D eigenvalue weighted by Crippen LogP contribution is 2.31. The van der Waals surface area contributed by atoms with E-state index in [9.17, 15) is 4.79 Å². The number of aromatic nitrogens is 2. The molecule has 188 valence electrons. The van der Waals surface area contributed by atoms with Gasteiger partial charge < -0.3 is 9.80 Å². The van der Waals surface area contributed by atoms with Crippen LogP contribution >= 0.6 is 11.3 Å². The SMILES string of the molecule is C=CC(C)N=NN(c1ccc(C(=O)N2CCN(c3ncnc4sc(CC)cc34)CC2)cc1)C(C)C=C. The zero-order valence-corrected chi connectivity index (χ0v) is 22.0. The molecule has 4 rings (SSSR count). The molecule has 0 N–H and O–H groups in total. The fraction of sp³-hybridized carbons (Fsp3) is 0.370. The normalized spacial score (nSPS) is 15.8. The maximum atomic E-state index is 13.2. The molecule has 0 saturated carbocycles. The molecule has 9 heteroatoms. The summed E-state index contributed by atoms with van der Waals surface area (Å²) < 4.78 is 0. The summed E-state index contributed by atoms with van der Waals surface area (Å²) in [6, 6.07) is 9.57. The molecule has 2 unspecified atom stereocenters. The molecule has 0 radical (unpaired) electrons. The molecule has 3 heterocycles. The van der Waals surface area contributed by atoms with Gasteiger partial charge in [-0.2, -0.15) is 5.11 Å². The van der Waals surface area contributed by atoms with Crippen LogP contribution in [0.2, 0.25) is 0 Å². The van der Waals surface area contributed by atoms with Gasteiger partial charge in [0.25, 0.3) is 5.91 Å². The molecule has 0 bridgehead atoms. The molecule has 2 atom stereocenters. The van der Waals surface area contributed by atoms with Gasteiger partial charge in [0.1, 0.15) is 17.0 Å². The van der Waals surface area contributed by atoms with Crippen molar-refractivity contribution in [2.45, 2.75) is 39.3 Å². The van der Waals surface area contributed by atoms with Crippen LogP contribution in [0, 0.1) is 0 Å². The number of amides is 1. The third-order valence-electron chi connectivity index (χ3n) is 6.35. The second kappa shape index (κ2) is 11.4. The quantitative estimate of drug-likeness (QED) is 0.218. The van der Waals surface area contributed by atoms with Gasteiger partial charge in [-0.25, -0.2) is 15.0 Å². The topological polar surface area (TPSA) is 77.3 Å². The minimum atomic E-state index is -0.0871. The summed E-state index contributed by atoms with van der Waals surface area (Å²) in [4.78, 5) is 28.7. The Hall–Kier alpha value is -3.59. The lowest BCUT2D eigenvalue weighted by molar-refractivity contribution is 0.0746. The first-order chi connectivity index (χ1) is 17.4. The highest BCUT2D eigenvalue weighted by Gasteiger charge is 2.25. The maximum absolute atomic E-state index is 13.2. The predicted octanol–water partition coefficient (Wildman–Crippen LogP) is 5.54. The van der Waals surface area contributed by atoms with E-state index in [1.165, 1.54) is 4.88 Å². The first-order valence-corrected chi connectivity index (χ1v) is 13.1. The van der Waals surface area contributed by atoms with Crippen molar-refractivity contribution < 1.29 is 4.79 Å². The summed E-state index contributed by atoms with van der Waals surface area (Å²) in [6.07, 6.45) is 6.17. The van der Waals surface area contributed by atoms with Crippen LogP contribution in [0.5, 0.6) is 0 Å². The van der Waals surface area contributed by atoms with E-state index in [1.807, 2.05) is 43.0 Å². The predicted molar refractivity (Wildman–Crippen MR) is 148 cm³/mol. The van der Waals surface area contributed by atoms with E-state index in [0.717, 1.165) is 41.2 Å². The van der Waals surface area contributed by atoms with Crippen LogP contribution in [-0.2, 0) is 6.42 Å². The van der Waals surface area contributed by atoms with Crippen LogP contribution < -0.4 is 9.91 Å². The van der Waals surface area contributed by atoms with Crippen LogP contribution in [0.25, 0.3) is 10.2 Å². The highest BCUT2D eigenvalue weighted by atomic mass is 32.1. The second-order valence-corrected chi connectivity index (χ2v) is 9.93. The Kier molecular flexibility index (Phi) is 8.10. The van der Waals surface area contributed by atoms with Gasteiger partial charge in [0, 0.05) is 36.6 Å². The fourth-order valence-electron chi connectivity index (χ4n) is 4.03. The zero-order chi connectivity index (χ0) is 25.7. The van der Waals surface area contributed by atoms with Gasteiger partial charge in [0.15, 0.2) is 0 Å². The third-order valence-corrected chi connectivity index (χ3v) is 7.54. The second-order valence-electron chi connectivity index (χ2n) is 8.81. The van der Waals surface area contributed by atoms with E-state index in [-0.39, 0.29) is 18.0 Å². The zero-order valence-electron chi connectivity index (χ0n) is 21.2. The number of carbonyl (C=O) groups is 1. The number of piperazine rings is 1. The molecular formula is C27H33N7OS. The Balaban J connectivity index is 1.43. The number of thiophene rings is 1. The van der Waals surface area contributed by atoms with E-state index in [4.69, 9.17) is 0 Å². The number of aryl methyl sites for hydroxylation is 1. The number of nitrogens with zero attached hydrogens (tertiary/aromatic N) is 7. The summed E-state index contributed by atoms with van der Waals surface area (Å²) in [5.41, 5.74) is 1.50. The van der Waals surface area contributed by atoms with Gasteiger partial charge >= 0.3 is 0 Å². The van der Waals surface area contributed by atoms with E-state index < -0.39 is 0 Å². The van der Waals surface area contributed by atoms with Gasteiger partial charge in [0.05, 0.1) is 23.2 Å². The monoisotopic (exact) mass is 503 g/mol. The van der Waals surface area contributed by atoms with E-state index in [0.29, 0.717) is 18.7 Å². The molecule has 3 aromatic rings. The molecule has 1 fully saturated rings. The number of carbonyl (C=O) groups excluding carboxylic acids is 1. The number of anilines is 2. The first kappa shape index (κ1) is 25.5. The van der Waals surface area contributed by atoms with Crippen molar-refractivity contribution in [1.82, 2.24) is 14.9 Å². The highest BCUT2D eigenvalue weighted by molar-refractivity contribution is 7.18. The Morgan fingerprint density at radius 2 is 1.86 bits per heavy atom. The standard InChI is InChI=1S/C27H33N7OS/c1-6-19(4)30-31-34(20(5)7-2)22-11-9-21(10-12-22)27(35)33-15-13-32(14-16-33)25-24-17-23(8-3)36-26(24)29-18-28-25/h6-7,9-12,17-20H,1-2,8,13-16H2,3-5H3. The largest absolute Gasteiger partial charge is 0.352 e. The van der Waals surface area contributed by atoms with E-state index in [2.05, 4.69) is 51.4 Å². The van der Waals surface area contributed by atoms with Gasteiger partial charge in [-0.15, -0.1) is 24.5 Å². The summed E-state index contributed by atoms with van der Waals surface area (Å²) in [5, 5.41) is 11.5. The third kappa shape index (κ3) is 5.46. The van der Waals surface area contributed by atoms with Gasteiger partial charge in [0.2, 0.25) is 0 Å².